The zero-order chi connectivity index (χ0) is 82.4. The molecule has 118 heavy (non-hydrogen) atoms. The van der Waals surface area contributed by atoms with E-state index in [4.69, 9.17) is 141 Å². The third-order valence-corrected chi connectivity index (χ3v) is 27.4. The minimum atomic E-state index is -0.437. The number of hydrogen-bond donors (Lipinski definition) is 2. The average Bonchev–Trinajstić information content (AvgIpc) is 1.17. The first-order valence-electron chi connectivity index (χ1n) is 39.6. The summed E-state index contributed by atoms with van der Waals surface area (Å²) in [5.74, 6) is 5.87. The molecule has 3 saturated heterocycles. The molecule has 10 aromatic rings. The van der Waals surface area contributed by atoms with Crippen molar-refractivity contribution >= 4 is 186 Å². The number of piperidine rings is 3. The molecule has 0 atom stereocenters. The van der Waals surface area contributed by atoms with Crippen LogP contribution in [-0.2, 0) is 44.6 Å². The molecule has 5 saturated carbocycles. The number of likely N-dealkylation sites (tertiary alicyclic amines) is 1. The Balaban J connectivity index is 0.000000145. The number of hydrogen-bond acceptors (Lipinski definition) is 20. The van der Waals surface area contributed by atoms with E-state index >= 15 is 0 Å². The first kappa shape index (κ1) is 93.1. The molecule has 18 rings (SSSR count). The van der Waals surface area contributed by atoms with Crippen LogP contribution < -0.4 is 10.2 Å². The van der Waals surface area contributed by atoms with E-state index in [2.05, 4.69) is 88.6 Å². The number of carbonyl (C=O) groups is 1. The highest BCUT2D eigenvalue weighted by atomic mass is 79.9. The van der Waals surface area contributed by atoms with Gasteiger partial charge in [-0.25, -0.2) is 14.8 Å². The van der Waals surface area contributed by atoms with Crippen LogP contribution in [0.1, 0.15) is 221 Å². The van der Waals surface area contributed by atoms with Crippen LogP contribution >= 0.6 is 175 Å². The van der Waals surface area contributed by atoms with Gasteiger partial charge < -0.3 is 57.3 Å². The third kappa shape index (κ3) is 25.6. The Bertz CT molecular complexity index is 4710. The highest BCUT2D eigenvalue weighted by Gasteiger charge is 2.39. The van der Waals surface area contributed by atoms with Crippen LogP contribution in [0.3, 0.4) is 0 Å². The number of nitrogens with zero attached hydrogens (tertiary/aromatic N) is 8. The number of amides is 1. The number of thiazole rings is 2. The standard InChI is InChI=1S/C21H20BrCl2N3O2S.C19H21Cl2NO2.C18H20Cl2N2O2.C13H10Cl3NO.C10H19NO3.C3HBr2NS.CH4.H2/c22-17-11-30-21(25-17)27-8-6-13(7-9-27)28-10-14-19(26-29-20(14)12-4-5-12)18-15(23)2-1-3-16(18)24;20-15-7-4-8-16(21)17(15)18-14(19(24-22-18)12-9-10-12)11-23-13-5-2-1-3-6-13;19-14-2-1-3-15(20)16(14)17-13(18(24-22-17)11-4-5-11)10-23-12-6-8-21-9-7-12;14-6-8-12(17-18-13(8)7-4-5-7)11-9(15)2-1-3-10(11)16;1-10(2,3)14-9(13)11-6-4-8(12)5-7-11;4-2-1-7-3(5)6-2;;/h1-3,11-13H,4-10H2;4,7-8,12-13H,1-3,5-6,9-11H2;1-3,11-12,21H,4-10H2;1-3,7H,4-6H2;8,12H,4-7H2,1-3H3;1H;1H4;1H/i;;;;;;;1+2. The van der Waals surface area contributed by atoms with E-state index in [0.717, 1.165) is 208 Å². The molecule has 2 N–H and O–H groups in total. The molecular formula is C85H97Br3Cl9N9O10S2. The highest BCUT2D eigenvalue weighted by Crippen LogP contribution is 2.51. The maximum absolute atomic E-state index is 11.5. The van der Waals surface area contributed by atoms with Crippen molar-refractivity contribution in [2.24, 2.45) is 0 Å². The Labute approximate surface area is 769 Å². The maximum Gasteiger partial charge on any atom is 0.410 e. The fourth-order valence-corrected chi connectivity index (χ4v) is 19.7. The Hall–Kier alpha value is -4.10. The summed E-state index contributed by atoms with van der Waals surface area (Å²) >= 11 is 69.9. The van der Waals surface area contributed by atoms with Crippen molar-refractivity contribution in [3.63, 3.8) is 0 Å². The molecule has 0 unspecified atom stereocenters. The maximum atomic E-state index is 11.5. The number of aliphatic hydroxyl groups excluding tert-OH is 1. The monoisotopic (exact) mass is 2020 g/mol. The van der Waals surface area contributed by atoms with Gasteiger partial charge in [0, 0.05) is 107 Å². The number of anilines is 1. The minimum Gasteiger partial charge on any atom is -0.444 e. The summed E-state index contributed by atoms with van der Waals surface area (Å²) in [6, 6.07) is 21.8. The summed E-state index contributed by atoms with van der Waals surface area (Å²) in [6.45, 7) is 12.1. The Kier molecular flexibility index (Phi) is 34.8. The number of aromatic nitrogens is 6. The molecule has 33 heteroatoms. The summed E-state index contributed by atoms with van der Waals surface area (Å²) in [5, 5.41) is 39.3. The van der Waals surface area contributed by atoms with E-state index in [9.17, 15) is 9.90 Å². The summed E-state index contributed by atoms with van der Waals surface area (Å²) < 4.78 is 49.1. The van der Waals surface area contributed by atoms with E-state index < -0.39 is 5.60 Å². The summed E-state index contributed by atoms with van der Waals surface area (Å²) in [7, 11) is 0. The van der Waals surface area contributed by atoms with Gasteiger partial charge in [0.1, 0.15) is 60.6 Å². The minimum absolute atomic E-state index is 0. The van der Waals surface area contributed by atoms with Gasteiger partial charge in [-0.1, -0.05) is 164 Å². The lowest BCUT2D eigenvalue weighted by Gasteiger charge is -2.31. The van der Waals surface area contributed by atoms with Gasteiger partial charge >= 0.3 is 6.09 Å². The Morgan fingerprint density at radius 3 is 1.14 bits per heavy atom. The molecule has 3 aliphatic heterocycles. The van der Waals surface area contributed by atoms with Crippen LogP contribution in [0, 0.1) is 0 Å². The van der Waals surface area contributed by atoms with Crippen molar-refractivity contribution in [3.8, 4) is 45.0 Å². The van der Waals surface area contributed by atoms with Crippen LogP contribution in [0.4, 0.5) is 9.93 Å². The third-order valence-electron chi connectivity index (χ3n) is 21.0. The molecular weight excluding hydrogens is 1930 g/mol. The van der Waals surface area contributed by atoms with Crippen LogP contribution in [0.5, 0.6) is 0 Å². The lowest BCUT2D eigenvalue weighted by Crippen LogP contribution is -2.42. The number of nitrogens with one attached hydrogen (secondary N) is 1. The number of aliphatic hydroxyl groups is 1. The smallest absolute Gasteiger partial charge is 0.410 e. The van der Waals surface area contributed by atoms with Crippen molar-refractivity contribution in [3.05, 3.63) is 182 Å². The van der Waals surface area contributed by atoms with Crippen molar-refractivity contribution in [2.45, 2.75) is 230 Å². The number of ether oxygens (including phenoxy) is 4. The quantitative estimate of drug-likeness (QED) is 0.0718. The van der Waals surface area contributed by atoms with Gasteiger partial charge in [-0.15, -0.1) is 34.3 Å². The summed E-state index contributed by atoms with van der Waals surface area (Å²) in [5.41, 5.74) is 9.24. The first-order chi connectivity index (χ1) is 56.5. The zero-order valence-corrected chi connectivity index (χ0v) is 78.0. The van der Waals surface area contributed by atoms with Crippen molar-refractivity contribution in [1.82, 2.24) is 40.8 Å². The molecule has 4 aromatic carbocycles. The number of benzene rings is 4. The van der Waals surface area contributed by atoms with Gasteiger partial charge in [-0.2, -0.15) is 0 Å². The Morgan fingerprint density at radius 1 is 0.483 bits per heavy atom. The highest BCUT2D eigenvalue weighted by molar-refractivity contribution is 9.11. The molecule has 1 amide bonds. The van der Waals surface area contributed by atoms with E-state index in [1.165, 1.54) is 19.3 Å². The second-order valence-corrected chi connectivity index (χ2v) is 39.1. The topological polar surface area (TPSA) is 223 Å². The van der Waals surface area contributed by atoms with Crippen LogP contribution in [0.15, 0.2) is 115 Å². The van der Waals surface area contributed by atoms with Crippen molar-refractivity contribution < 1.29 is 48.4 Å². The van der Waals surface area contributed by atoms with Gasteiger partial charge in [0.05, 0.1) is 90.3 Å². The van der Waals surface area contributed by atoms with Gasteiger partial charge in [0.25, 0.3) is 0 Å². The molecule has 0 bridgehead atoms. The Morgan fingerprint density at radius 2 is 0.822 bits per heavy atom. The van der Waals surface area contributed by atoms with Gasteiger partial charge in [-0.05, 0) is 233 Å². The predicted molar refractivity (Wildman–Crippen MR) is 487 cm³/mol. The van der Waals surface area contributed by atoms with Gasteiger partial charge in [-0.3, -0.25) is 0 Å². The second-order valence-electron chi connectivity index (χ2n) is 31.0. The lowest BCUT2D eigenvalue weighted by molar-refractivity contribution is 0.01000. The summed E-state index contributed by atoms with van der Waals surface area (Å²) in [6.07, 6.45) is 20.8. The van der Waals surface area contributed by atoms with E-state index in [0.29, 0.717) is 139 Å². The van der Waals surface area contributed by atoms with E-state index in [1.54, 1.807) is 45.8 Å². The molecule has 0 radical (unpaired) electrons. The number of halogens is 12. The van der Waals surface area contributed by atoms with Crippen LogP contribution in [0.25, 0.3) is 45.0 Å². The second kappa shape index (κ2) is 44.2. The molecule has 6 aromatic heterocycles. The fourth-order valence-electron chi connectivity index (χ4n) is 14.2. The normalized spacial score (nSPS) is 17.4. The van der Waals surface area contributed by atoms with Crippen molar-refractivity contribution in [1.29, 1.82) is 0 Å². The SMILES string of the molecule is Brc1csc(Br)n1.C.CC(C)(C)OC(=O)N1CCC(O)CC1.ClCc1c(-c2c(Cl)cccc2Cl)noc1C1CC1.Clc1cccc(Cl)c1-c1noc(C2CC2)c1COC1CCCCC1.Clc1cccc(Cl)c1-c1noc(C2CC2)c1COC1CCN(c2nc(Br)cs2)CC1.Clc1cccc(Cl)c1-c1noc(C2CC2)c1COC1CCNCC1.[3HH]. The largest absolute Gasteiger partial charge is 0.444 e. The molecule has 8 fully saturated rings. The predicted octanol–water partition coefficient (Wildman–Crippen LogP) is 28.3. The molecule has 0 spiro atoms. The van der Waals surface area contributed by atoms with Gasteiger partial charge in [0.15, 0.2) is 9.05 Å². The fraction of sp³-hybridized carbons (Fsp3) is 0.494. The number of carbonyl (C=O) groups excluding carboxylic acids is 1. The first-order valence-corrected chi connectivity index (χ1v) is 47.3. The van der Waals surface area contributed by atoms with Gasteiger partial charge in [0.2, 0.25) is 0 Å². The van der Waals surface area contributed by atoms with E-state index in [1.807, 2.05) is 86.1 Å². The number of alkyl halides is 1. The van der Waals surface area contributed by atoms with Crippen LogP contribution in [-0.4, -0.2) is 116 Å². The number of rotatable bonds is 19. The van der Waals surface area contributed by atoms with Crippen LogP contribution in [0.2, 0.25) is 40.2 Å². The van der Waals surface area contributed by atoms with Crippen molar-refractivity contribution in [2.75, 3.05) is 44.2 Å². The van der Waals surface area contributed by atoms with E-state index in [-0.39, 0.29) is 33.3 Å². The average molecular weight is 2030 g/mol. The molecule has 5 aliphatic carbocycles. The zero-order valence-electron chi connectivity index (χ0n) is 64.8. The lowest BCUT2D eigenvalue weighted by atomic mass is 9.97. The molecule has 638 valence electrons. The molecule has 8 aliphatic rings. The summed E-state index contributed by atoms with van der Waals surface area (Å²) in [4.78, 5) is 24.0. The molecule has 9 heterocycles. The molecule has 19 nitrogen and oxygen atoms in total.